The van der Waals surface area contributed by atoms with Crippen molar-refractivity contribution in [3.63, 3.8) is 0 Å². The van der Waals surface area contributed by atoms with E-state index in [2.05, 4.69) is 11.9 Å². The Balaban J connectivity index is 1.37. The highest BCUT2D eigenvalue weighted by Crippen LogP contribution is 2.62. The van der Waals surface area contributed by atoms with E-state index in [1.807, 2.05) is 17.0 Å². The molecule has 5 fully saturated rings. The van der Waals surface area contributed by atoms with Gasteiger partial charge in [-0.15, -0.1) is 0 Å². The summed E-state index contributed by atoms with van der Waals surface area (Å²) in [5.74, 6) is 1.10. The molecule has 2 N–H and O–H groups in total. The molecule has 3 amide bonds. The molecule has 2 heterocycles. The van der Waals surface area contributed by atoms with Gasteiger partial charge in [-0.1, -0.05) is 6.07 Å². The first kappa shape index (κ1) is 21.2. The Hall–Kier alpha value is -2.12. The van der Waals surface area contributed by atoms with Gasteiger partial charge in [0.05, 0.1) is 5.60 Å². The van der Waals surface area contributed by atoms with E-state index >= 15 is 0 Å². The fourth-order valence-electron chi connectivity index (χ4n) is 7.97. The number of carbonyl (C=O) groups excluding carboxylic acids is 2. The number of likely N-dealkylation sites (tertiary alicyclic amines) is 1. The smallest absolute Gasteiger partial charge is 0.327 e. The largest absolute Gasteiger partial charge is 0.508 e. The first-order chi connectivity index (χ1) is 16.3. The van der Waals surface area contributed by atoms with E-state index in [4.69, 9.17) is 0 Å². The number of rotatable bonds is 4. The number of imide groups is 1. The molecule has 34 heavy (non-hydrogen) atoms. The van der Waals surface area contributed by atoms with E-state index in [1.165, 1.54) is 0 Å². The van der Waals surface area contributed by atoms with Crippen LogP contribution < -0.4 is 0 Å². The standard InChI is InChI=1S/C27H35N3O4/c1-28-11-10-25-16-26(8-9-27(25,34)22(28)12-19-6-7-20(31)13-21(19)25)23(32)29(14-17-2-3-17)24(33)30(26)15-18-4-5-18/h6-7,13,17-18,22,31,34H,2-5,8-12,14-16H2,1H3/t22-,25-,26+,27-/m1/s1. The predicted octanol–water partition coefficient (Wildman–Crippen LogP) is 2.63. The number of carbonyl (C=O) groups is 2. The summed E-state index contributed by atoms with van der Waals surface area (Å²) in [5.41, 5.74) is -0.379. The summed E-state index contributed by atoms with van der Waals surface area (Å²) in [6.07, 6.45) is 7.35. The fraction of sp³-hybridized carbons (Fsp3) is 0.704. The molecule has 6 aliphatic rings. The lowest BCUT2D eigenvalue weighted by Gasteiger charge is -2.66. The molecule has 0 aromatic heterocycles. The average molecular weight is 466 g/mol. The number of likely N-dealkylation sites (N-methyl/N-ethyl adjacent to an activating group) is 1. The molecule has 0 unspecified atom stereocenters. The van der Waals surface area contributed by atoms with Gasteiger partial charge in [-0.3, -0.25) is 9.69 Å². The third-order valence-electron chi connectivity index (χ3n) is 10.2. The van der Waals surface area contributed by atoms with Gasteiger partial charge in [-0.25, -0.2) is 4.79 Å². The second-order valence-electron chi connectivity index (χ2n) is 12.2. The highest BCUT2D eigenvalue weighted by atomic mass is 16.3. The van der Waals surface area contributed by atoms with Crippen LogP contribution in [0.25, 0.3) is 0 Å². The number of amides is 3. The topological polar surface area (TPSA) is 84.3 Å². The zero-order chi connectivity index (χ0) is 23.5. The van der Waals surface area contributed by atoms with E-state index < -0.39 is 16.6 Å². The van der Waals surface area contributed by atoms with Crippen LogP contribution in [0.3, 0.4) is 0 Å². The predicted molar refractivity (Wildman–Crippen MR) is 125 cm³/mol. The molecule has 3 saturated carbocycles. The van der Waals surface area contributed by atoms with Crippen molar-refractivity contribution in [3.8, 4) is 5.75 Å². The SMILES string of the molecule is CN1CC[C@]23C[C@@]4(CC[C@@]2(O)[C@H]1Cc1ccc(O)cc13)C(=O)N(CC1CC1)C(=O)N4CC1CC1. The Bertz CT molecular complexity index is 1080. The maximum Gasteiger partial charge on any atom is 0.327 e. The van der Waals surface area contributed by atoms with E-state index in [-0.39, 0.29) is 23.7 Å². The van der Waals surface area contributed by atoms with Crippen LogP contribution in [0.5, 0.6) is 5.75 Å². The number of urea groups is 1. The average Bonchev–Trinajstić information content (AvgIpc) is 3.73. The molecule has 4 aliphatic carbocycles. The van der Waals surface area contributed by atoms with Crippen LogP contribution in [-0.2, 0) is 16.6 Å². The molecule has 182 valence electrons. The Morgan fingerprint density at radius 2 is 1.76 bits per heavy atom. The van der Waals surface area contributed by atoms with Crippen LogP contribution in [0.1, 0.15) is 62.5 Å². The van der Waals surface area contributed by atoms with Gasteiger partial charge in [0.15, 0.2) is 0 Å². The number of phenols is 1. The van der Waals surface area contributed by atoms with Gasteiger partial charge in [-0.05, 0) is 106 Å². The summed E-state index contributed by atoms with van der Waals surface area (Å²) in [6, 6.07) is 5.41. The molecule has 1 spiro atoms. The van der Waals surface area contributed by atoms with Crippen LogP contribution in [0.2, 0.25) is 0 Å². The number of nitrogens with zero attached hydrogens (tertiary/aromatic N) is 3. The maximum absolute atomic E-state index is 14.2. The summed E-state index contributed by atoms with van der Waals surface area (Å²) >= 11 is 0. The summed E-state index contributed by atoms with van der Waals surface area (Å²) in [5, 5.41) is 22.9. The third-order valence-corrected chi connectivity index (χ3v) is 10.2. The van der Waals surface area contributed by atoms with Crippen molar-refractivity contribution in [1.29, 1.82) is 0 Å². The van der Waals surface area contributed by atoms with Crippen molar-refractivity contribution in [3.05, 3.63) is 29.3 Å². The van der Waals surface area contributed by atoms with Gasteiger partial charge < -0.3 is 20.0 Å². The summed E-state index contributed by atoms with van der Waals surface area (Å²) in [6.45, 7) is 2.02. The number of hydrogen-bond donors (Lipinski definition) is 2. The maximum atomic E-state index is 14.2. The lowest BCUT2D eigenvalue weighted by atomic mass is 9.46. The van der Waals surface area contributed by atoms with Crippen LogP contribution in [-0.4, -0.2) is 80.7 Å². The number of hydrogen-bond acceptors (Lipinski definition) is 5. The third kappa shape index (κ3) is 2.66. The van der Waals surface area contributed by atoms with Crippen molar-refractivity contribution in [2.24, 2.45) is 11.8 Å². The van der Waals surface area contributed by atoms with Gasteiger partial charge >= 0.3 is 6.03 Å². The van der Waals surface area contributed by atoms with Gasteiger partial charge in [-0.2, -0.15) is 0 Å². The van der Waals surface area contributed by atoms with Crippen LogP contribution in [0.15, 0.2) is 18.2 Å². The quantitative estimate of drug-likeness (QED) is 0.668. The van der Waals surface area contributed by atoms with E-state index in [0.717, 1.165) is 56.2 Å². The number of phenolic OH excluding ortho intramolecular Hbond substituents is 1. The second-order valence-corrected chi connectivity index (χ2v) is 12.2. The molecular formula is C27H35N3O4. The molecule has 7 heteroatoms. The molecule has 7 nitrogen and oxygen atoms in total. The highest BCUT2D eigenvalue weighted by molar-refractivity contribution is 6.07. The van der Waals surface area contributed by atoms with Crippen molar-refractivity contribution in [1.82, 2.24) is 14.7 Å². The molecular weight excluding hydrogens is 430 g/mol. The first-order valence-corrected chi connectivity index (χ1v) is 13.2. The van der Waals surface area contributed by atoms with Crippen molar-refractivity contribution >= 4 is 11.9 Å². The molecule has 0 radical (unpaired) electrons. The molecule has 1 aromatic rings. The van der Waals surface area contributed by atoms with Gasteiger partial charge in [0, 0.05) is 24.5 Å². The monoisotopic (exact) mass is 465 g/mol. The molecule has 2 aliphatic heterocycles. The van der Waals surface area contributed by atoms with Crippen molar-refractivity contribution in [2.75, 3.05) is 26.7 Å². The normalized spacial score (nSPS) is 39.5. The minimum absolute atomic E-state index is 0.0256. The lowest BCUT2D eigenvalue weighted by Crippen LogP contribution is -2.76. The number of benzene rings is 1. The van der Waals surface area contributed by atoms with E-state index in [1.54, 1.807) is 11.0 Å². The van der Waals surface area contributed by atoms with Crippen LogP contribution >= 0.6 is 0 Å². The second kappa shape index (κ2) is 6.76. The Kier molecular flexibility index (Phi) is 4.21. The van der Waals surface area contributed by atoms with Crippen LogP contribution in [0, 0.1) is 11.8 Å². The molecule has 4 atom stereocenters. The number of aliphatic hydroxyl groups is 1. The Morgan fingerprint density at radius 3 is 2.50 bits per heavy atom. The van der Waals surface area contributed by atoms with E-state index in [9.17, 15) is 19.8 Å². The van der Waals surface area contributed by atoms with Gasteiger partial charge in [0.1, 0.15) is 11.3 Å². The van der Waals surface area contributed by atoms with Crippen molar-refractivity contribution in [2.45, 2.75) is 80.4 Å². The minimum Gasteiger partial charge on any atom is -0.508 e. The lowest BCUT2D eigenvalue weighted by molar-refractivity contribution is -0.184. The zero-order valence-corrected chi connectivity index (χ0v) is 20.0. The van der Waals surface area contributed by atoms with Crippen molar-refractivity contribution < 1.29 is 19.8 Å². The molecule has 2 bridgehead atoms. The molecule has 1 aromatic carbocycles. The van der Waals surface area contributed by atoms with Gasteiger partial charge in [0.2, 0.25) is 0 Å². The van der Waals surface area contributed by atoms with E-state index in [0.29, 0.717) is 44.2 Å². The Morgan fingerprint density at radius 1 is 1.03 bits per heavy atom. The zero-order valence-electron chi connectivity index (χ0n) is 20.0. The van der Waals surface area contributed by atoms with Crippen LogP contribution in [0.4, 0.5) is 4.79 Å². The summed E-state index contributed by atoms with van der Waals surface area (Å²) in [7, 11) is 2.09. The molecule has 2 saturated heterocycles. The fourth-order valence-corrected chi connectivity index (χ4v) is 7.97. The Labute approximate surface area is 200 Å². The summed E-state index contributed by atoms with van der Waals surface area (Å²) < 4.78 is 0. The number of fused-ring (bicyclic) bond motifs is 1. The highest BCUT2D eigenvalue weighted by Gasteiger charge is 2.71. The number of piperidine rings is 1. The number of aromatic hydroxyl groups is 1. The summed E-state index contributed by atoms with van der Waals surface area (Å²) in [4.78, 5) is 33.6. The first-order valence-electron chi connectivity index (χ1n) is 13.2. The molecule has 7 rings (SSSR count). The van der Waals surface area contributed by atoms with Gasteiger partial charge in [0.25, 0.3) is 5.91 Å². The minimum atomic E-state index is -0.982.